The first-order valence-electron chi connectivity index (χ1n) is 11.8. The molecule has 176 valence electrons. The van der Waals surface area contributed by atoms with Gasteiger partial charge in [0.1, 0.15) is 22.1 Å². The number of carbonyl (C=O) groups excluding carboxylic acids is 2. The zero-order valence-electron chi connectivity index (χ0n) is 19.0. The van der Waals surface area contributed by atoms with Crippen molar-refractivity contribution in [3.05, 3.63) is 0 Å². The topological polar surface area (TPSA) is 96.0 Å². The van der Waals surface area contributed by atoms with Gasteiger partial charge >= 0.3 is 0 Å². The molecule has 1 N–H and O–H groups in total. The number of fused-ring (bicyclic) bond motifs is 1. The molecular formula is C22H37N3O5S. The molecule has 2 amide bonds. The molecule has 0 bridgehead atoms. The van der Waals surface area contributed by atoms with Crippen molar-refractivity contribution >= 4 is 21.7 Å². The van der Waals surface area contributed by atoms with Crippen LogP contribution < -0.4 is 5.32 Å². The largest absolute Gasteiger partial charge is 0.368 e. The van der Waals surface area contributed by atoms with E-state index in [-0.39, 0.29) is 41.4 Å². The van der Waals surface area contributed by atoms with E-state index in [0.29, 0.717) is 25.0 Å². The van der Waals surface area contributed by atoms with E-state index in [0.717, 1.165) is 51.5 Å². The quantitative estimate of drug-likeness (QED) is 0.686. The van der Waals surface area contributed by atoms with Gasteiger partial charge in [0.25, 0.3) is 5.91 Å². The minimum atomic E-state index is -2.98. The molecule has 1 saturated carbocycles. The summed E-state index contributed by atoms with van der Waals surface area (Å²) in [5.74, 6) is 0.928. The van der Waals surface area contributed by atoms with Crippen molar-refractivity contribution in [2.45, 2.75) is 88.4 Å². The first-order valence-corrected chi connectivity index (χ1v) is 13.8. The van der Waals surface area contributed by atoms with Gasteiger partial charge in [-0.3, -0.25) is 14.9 Å². The maximum Gasteiger partial charge on any atom is 0.252 e. The summed E-state index contributed by atoms with van der Waals surface area (Å²) in [6.07, 6.45) is 6.62. The summed E-state index contributed by atoms with van der Waals surface area (Å²) in [6, 6.07) is -0.110. The van der Waals surface area contributed by atoms with Crippen LogP contribution in [0, 0.1) is 11.8 Å². The molecule has 4 fully saturated rings. The number of piperazine rings is 1. The average molecular weight is 456 g/mol. The smallest absolute Gasteiger partial charge is 0.252 e. The lowest BCUT2D eigenvalue weighted by molar-refractivity contribution is -0.162. The van der Waals surface area contributed by atoms with E-state index in [9.17, 15) is 18.0 Å². The fourth-order valence-corrected chi connectivity index (χ4v) is 7.49. The third kappa shape index (κ3) is 4.64. The number of ether oxygens (including phenoxy) is 1. The van der Waals surface area contributed by atoms with Crippen molar-refractivity contribution in [1.82, 2.24) is 15.1 Å². The summed E-state index contributed by atoms with van der Waals surface area (Å²) in [6.45, 7) is 5.58. The minimum absolute atomic E-state index is 0.0336. The van der Waals surface area contributed by atoms with Crippen LogP contribution in [-0.2, 0) is 24.2 Å². The van der Waals surface area contributed by atoms with Gasteiger partial charge in [-0.25, -0.2) is 8.42 Å². The second-order valence-corrected chi connectivity index (χ2v) is 12.4. The van der Waals surface area contributed by atoms with Gasteiger partial charge in [-0.15, -0.1) is 0 Å². The molecule has 0 radical (unpaired) electrons. The third-order valence-corrected chi connectivity index (χ3v) is 9.66. The van der Waals surface area contributed by atoms with Crippen LogP contribution in [0.3, 0.4) is 0 Å². The van der Waals surface area contributed by atoms with Crippen LogP contribution in [0.25, 0.3) is 0 Å². The molecule has 1 aliphatic carbocycles. The average Bonchev–Trinajstić information content (AvgIpc) is 3.26. The molecule has 3 aliphatic heterocycles. The van der Waals surface area contributed by atoms with Crippen LogP contribution >= 0.6 is 0 Å². The lowest BCUT2D eigenvalue weighted by Crippen LogP contribution is -2.73. The molecule has 0 aromatic rings. The third-order valence-electron chi connectivity index (χ3n) is 7.98. The van der Waals surface area contributed by atoms with Crippen molar-refractivity contribution in [2.24, 2.45) is 11.8 Å². The summed E-state index contributed by atoms with van der Waals surface area (Å²) < 4.78 is 29.5. The zero-order valence-corrected chi connectivity index (χ0v) is 19.8. The standard InChI is InChI=1S/C22H37N3O5S/c1-14-13-24(22(27)20-5-4-10-30-20)19-11-17(12-23-21(19)25(14)15(2)26)16-6-8-18(9-7-16)31(3,28)29/h14,16-21,23H,4-13H2,1-3H3/t14-,16?,17?,18?,19?,20?,21?/m0/s1. The van der Waals surface area contributed by atoms with E-state index >= 15 is 0 Å². The molecule has 4 unspecified atom stereocenters. The SMILES string of the molecule is CC(=O)N1C2NCC(C3CCC(S(C)(=O)=O)CC3)CC2N(C(=O)C2CCCO2)C[C@@H]1C. The number of nitrogens with one attached hydrogen (secondary N) is 1. The van der Waals surface area contributed by atoms with Gasteiger partial charge in [-0.05, 0) is 63.7 Å². The summed E-state index contributed by atoms with van der Waals surface area (Å²) in [7, 11) is -2.98. The number of sulfone groups is 1. The van der Waals surface area contributed by atoms with Gasteiger partial charge in [0.2, 0.25) is 5.91 Å². The Morgan fingerprint density at radius 1 is 1.06 bits per heavy atom. The summed E-state index contributed by atoms with van der Waals surface area (Å²) in [4.78, 5) is 29.6. The number of hydrogen-bond donors (Lipinski definition) is 1. The van der Waals surface area contributed by atoms with Crippen molar-refractivity contribution in [3.8, 4) is 0 Å². The Bertz CT molecular complexity index is 789. The van der Waals surface area contributed by atoms with Gasteiger partial charge in [0.05, 0.1) is 11.3 Å². The molecule has 0 spiro atoms. The summed E-state index contributed by atoms with van der Waals surface area (Å²) >= 11 is 0. The molecule has 5 atom stereocenters. The van der Waals surface area contributed by atoms with Gasteiger partial charge in [0.15, 0.2) is 0 Å². The number of hydrogen-bond acceptors (Lipinski definition) is 6. The Morgan fingerprint density at radius 2 is 1.77 bits per heavy atom. The lowest BCUT2D eigenvalue weighted by Gasteiger charge is -2.55. The first kappa shape index (κ1) is 23.0. The van der Waals surface area contributed by atoms with Crippen LogP contribution in [0.15, 0.2) is 0 Å². The van der Waals surface area contributed by atoms with Crippen LogP contribution in [0.4, 0.5) is 0 Å². The number of nitrogens with zero attached hydrogens (tertiary/aromatic N) is 2. The Balaban J connectivity index is 1.50. The van der Waals surface area contributed by atoms with Crippen molar-refractivity contribution in [2.75, 3.05) is 26.0 Å². The fourth-order valence-electron chi connectivity index (χ4n) is 6.36. The summed E-state index contributed by atoms with van der Waals surface area (Å²) in [5.41, 5.74) is 0. The number of piperidine rings is 1. The maximum absolute atomic E-state index is 13.3. The molecule has 0 aromatic heterocycles. The van der Waals surface area contributed by atoms with E-state index in [4.69, 9.17) is 4.74 Å². The van der Waals surface area contributed by atoms with E-state index in [1.807, 2.05) is 16.7 Å². The highest BCUT2D eigenvalue weighted by molar-refractivity contribution is 7.91. The van der Waals surface area contributed by atoms with Gasteiger partial charge in [-0.1, -0.05) is 0 Å². The summed E-state index contributed by atoms with van der Waals surface area (Å²) in [5, 5.41) is 3.39. The van der Waals surface area contributed by atoms with Crippen molar-refractivity contribution in [1.29, 1.82) is 0 Å². The van der Waals surface area contributed by atoms with E-state index < -0.39 is 9.84 Å². The zero-order chi connectivity index (χ0) is 22.3. The van der Waals surface area contributed by atoms with Crippen LogP contribution in [0.1, 0.15) is 58.8 Å². The molecule has 3 saturated heterocycles. The molecule has 0 aromatic carbocycles. The van der Waals surface area contributed by atoms with Gasteiger partial charge in [0, 0.05) is 38.9 Å². The van der Waals surface area contributed by atoms with Gasteiger partial charge in [-0.2, -0.15) is 0 Å². The minimum Gasteiger partial charge on any atom is -0.368 e. The predicted molar refractivity (Wildman–Crippen MR) is 117 cm³/mol. The number of amides is 2. The molecule has 4 aliphatic rings. The molecule has 9 heteroatoms. The predicted octanol–water partition coefficient (Wildman–Crippen LogP) is 1.15. The fraction of sp³-hybridized carbons (Fsp3) is 0.909. The highest BCUT2D eigenvalue weighted by atomic mass is 32.2. The molecule has 4 rings (SSSR count). The normalized spacial score (nSPS) is 39.3. The second kappa shape index (κ2) is 8.98. The highest BCUT2D eigenvalue weighted by Crippen LogP contribution is 2.39. The van der Waals surface area contributed by atoms with E-state index in [1.165, 1.54) is 6.26 Å². The monoisotopic (exact) mass is 455 g/mol. The van der Waals surface area contributed by atoms with E-state index in [1.54, 1.807) is 6.92 Å². The lowest BCUT2D eigenvalue weighted by atomic mass is 9.74. The number of carbonyl (C=O) groups is 2. The van der Waals surface area contributed by atoms with Crippen LogP contribution in [0.2, 0.25) is 0 Å². The second-order valence-electron chi connectivity index (χ2n) is 10.1. The maximum atomic E-state index is 13.3. The van der Waals surface area contributed by atoms with E-state index in [2.05, 4.69) is 5.32 Å². The number of rotatable bonds is 3. The first-order chi connectivity index (χ1) is 14.7. The Labute approximate surface area is 186 Å². The Hall–Kier alpha value is -1.19. The van der Waals surface area contributed by atoms with Crippen LogP contribution in [0.5, 0.6) is 0 Å². The van der Waals surface area contributed by atoms with Crippen molar-refractivity contribution in [3.63, 3.8) is 0 Å². The molecule has 31 heavy (non-hydrogen) atoms. The Morgan fingerprint density at radius 3 is 2.35 bits per heavy atom. The molecule has 8 nitrogen and oxygen atoms in total. The Kier molecular flexibility index (Phi) is 6.66. The van der Waals surface area contributed by atoms with Crippen LogP contribution in [-0.4, -0.2) is 85.6 Å². The van der Waals surface area contributed by atoms with Crippen molar-refractivity contribution < 1.29 is 22.7 Å². The molecular weight excluding hydrogens is 418 g/mol. The van der Waals surface area contributed by atoms with Gasteiger partial charge < -0.3 is 14.5 Å². The highest BCUT2D eigenvalue weighted by Gasteiger charge is 2.49. The molecule has 3 heterocycles.